The van der Waals surface area contributed by atoms with Crippen LogP contribution in [0.15, 0.2) is 23.1 Å². The van der Waals surface area contributed by atoms with Crippen LogP contribution in [0.4, 0.5) is 0 Å². The molecule has 0 aliphatic carbocycles. The van der Waals surface area contributed by atoms with E-state index < -0.39 is 22.0 Å². The van der Waals surface area contributed by atoms with Gasteiger partial charge in [0.1, 0.15) is 16.7 Å². The number of ether oxygens (including phenoxy) is 1. The predicted octanol–water partition coefficient (Wildman–Crippen LogP) is 1.10. The Kier molecular flexibility index (Phi) is 4.54. The average molecular weight is 287 g/mol. The van der Waals surface area contributed by atoms with E-state index in [1.807, 2.05) is 0 Å². The molecule has 0 bridgehead atoms. The molecule has 106 valence electrons. The van der Waals surface area contributed by atoms with Crippen LogP contribution in [0.25, 0.3) is 0 Å². The highest BCUT2D eigenvalue weighted by Gasteiger charge is 2.31. The lowest BCUT2D eigenvalue weighted by atomic mass is 10.2. The minimum Gasteiger partial charge on any atom is -0.495 e. The van der Waals surface area contributed by atoms with Crippen molar-refractivity contribution in [2.24, 2.45) is 0 Å². The molecule has 1 aromatic carbocycles. The Balaban J connectivity index is 3.35. The summed E-state index contributed by atoms with van der Waals surface area (Å²) in [5, 5.41) is 8.91. The normalized spacial score (nSPS) is 13.3. The molecule has 0 aliphatic rings. The molecule has 0 aromatic heterocycles. The number of carboxylic acids is 1. The zero-order valence-corrected chi connectivity index (χ0v) is 12.1. The van der Waals surface area contributed by atoms with Gasteiger partial charge in [-0.05, 0) is 31.5 Å². The number of sulfonamides is 1. The van der Waals surface area contributed by atoms with E-state index in [1.165, 1.54) is 27.1 Å². The summed E-state index contributed by atoms with van der Waals surface area (Å²) >= 11 is 0. The summed E-state index contributed by atoms with van der Waals surface area (Å²) < 4.78 is 30.6. The molecule has 0 saturated heterocycles. The Morgan fingerprint density at radius 3 is 2.47 bits per heavy atom. The maximum absolute atomic E-state index is 12.4. The van der Waals surface area contributed by atoms with Crippen molar-refractivity contribution in [1.29, 1.82) is 0 Å². The van der Waals surface area contributed by atoms with Crippen LogP contribution in [-0.2, 0) is 14.8 Å². The number of aryl methyl sites for hydroxylation is 1. The van der Waals surface area contributed by atoms with Crippen molar-refractivity contribution < 1.29 is 23.1 Å². The van der Waals surface area contributed by atoms with Crippen molar-refractivity contribution in [3.8, 4) is 5.75 Å². The summed E-state index contributed by atoms with van der Waals surface area (Å²) in [5.41, 5.74) is 0.746. The highest BCUT2D eigenvalue weighted by atomic mass is 32.2. The van der Waals surface area contributed by atoms with Gasteiger partial charge < -0.3 is 9.84 Å². The quantitative estimate of drug-likeness (QED) is 0.876. The summed E-state index contributed by atoms with van der Waals surface area (Å²) in [7, 11) is -1.32. The second-order valence-corrected chi connectivity index (χ2v) is 6.16. The largest absolute Gasteiger partial charge is 0.495 e. The fourth-order valence-corrected chi connectivity index (χ4v) is 3.06. The molecule has 1 N–H and O–H groups in total. The summed E-state index contributed by atoms with van der Waals surface area (Å²) in [6.07, 6.45) is 0. The number of benzene rings is 1. The number of nitrogens with zero attached hydrogens (tertiary/aromatic N) is 1. The minimum absolute atomic E-state index is 0.0365. The van der Waals surface area contributed by atoms with E-state index in [4.69, 9.17) is 9.84 Å². The van der Waals surface area contributed by atoms with Crippen LogP contribution in [0.2, 0.25) is 0 Å². The van der Waals surface area contributed by atoms with E-state index in [9.17, 15) is 13.2 Å². The van der Waals surface area contributed by atoms with Gasteiger partial charge in [-0.15, -0.1) is 0 Å². The van der Waals surface area contributed by atoms with E-state index in [0.717, 1.165) is 9.87 Å². The van der Waals surface area contributed by atoms with Crippen LogP contribution in [0.1, 0.15) is 12.5 Å². The summed E-state index contributed by atoms with van der Waals surface area (Å²) in [4.78, 5) is 10.9. The van der Waals surface area contributed by atoms with E-state index in [1.54, 1.807) is 19.1 Å². The topological polar surface area (TPSA) is 83.9 Å². The highest BCUT2D eigenvalue weighted by Crippen LogP contribution is 2.27. The van der Waals surface area contributed by atoms with E-state index in [-0.39, 0.29) is 10.6 Å². The van der Waals surface area contributed by atoms with Crippen LogP contribution < -0.4 is 4.74 Å². The van der Waals surface area contributed by atoms with Crippen molar-refractivity contribution in [1.82, 2.24) is 4.31 Å². The Hall–Kier alpha value is -1.60. The maximum Gasteiger partial charge on any atom is 0.321 e. The lowest BCUT2D eigenvalue weighted by Crippen LogP contribution is -2.40. The molecule has 0 amide bonds. The molecular formula is C12H17NO5S. The van der Waals surface area contributed by atoms with Crippen LogP contribution in [0.3, 0.4) is 0 Å². The molecular weight excluding hydrogens is 270 g/mol. The Morgan fingerprint density at radius 2 is 2.00 bits per heavy atom. The summed E-state index contributed by atoms with van der Waals surface area (Å²) in [6.45, 7) is 3.06. The molecule has 1 atom stereocenters. The number of carboxylic acid groups (broad SMARTS) is 1. The number of likely N-dealkylation sites (N-methyl/N-ethyl adjacent to an activating group) is 1. The molecule has 0 fully saturated rings. The molecule has 6 nitrogen and oxygen atoms in total. The zero-order chi connectivity index (χ0) is 14.8. The Bertz CT molecular complexity index is 582. The predicted molar refractivity (Wildman–Crippen MR) is 69.8 cm³/mol. The van der Waals surface area contributed by atoms with Crippen molar-refractivity contribution in [3.63, 3.8) is 0 Å². The molecule has 0 radical (unpaired) electrons. The molecule has 0 saturated carbocycles. The number of aliphatic carboxylic acids is 1. The first-order valence-corrected chi connectivity index (χ1v) is 7.01. The van der Waals surface area contributed by atoms with Gasteiger partial charge in [0, 0.05) is 7.05 Å². The fraction of sp³-hybridized carbons (Fsp3) is 0.417. The van der Waals surface area contributed by atoms with Crippen LogP contribution in [0, 0.1) is 6.92 Å². The third-order valence-corrected chi connectivity index (χ3v) is 4.83. The number of carbonyl (C=O) groups is 1. The summed E-state index contributed by atoms with van der Waals surface area (Å²) in [6, 6.07) is 3.56. The first-order valence-electron chi connectivity index (χ1n) is 5.57. The zero-order valence-electron chi connectivity index (χ0n) is 11.2. The summed E-state index contributed by atoms with van der Waals surface area (Å²) in [5.74, 6) is -1.02. The highest BCUT2D eigenvalue weighted by molar-refractivity contribution is 7.89. The third-order valence-electron chi connectivity index (χ3n) is 2.88. The van der Waals surface area contributed by atoms with Gasteiger partial charge in [-0.1, -0.05) is 6.07 Å². The Labute approximate surface area is 112 Å². The number of hydrogen-bond acceptors (Lipinski definition) is 4. The third kappa shape index (κ3) is 3.05. The lowest BCUT2D eigenvalue weighted by molar-refractivity contribution is -0.140. The smallest absolute Gasteiger partial charge is 0.321 e. The molecule has 1 aromatic rings. The van der Waals surface area contributed by atoms with Gasteiger partial charge >= 0.3 is 5.97 Å². The molecule has 19 heavy (non-hydrogen) atoms. The monoisotopic (exact) mass is 287 g/mol. The molecule has 1 rings (SSSR count). The van der Waals surface area contributed by atoms with E-state index >= 15 is 0 Å². The number of hydrogen-bond donors (Lipinski definition) is 1. The van der Waals surface area contributed by atoms with Crippen LogP contribution in [0.5, 0.6) is 5.75 Å². The van der Waals surface area contributed by atoms with Crippen LogP contribution >= 0.6 is 0 Å². The molecule has 0 heterocycles. The van der Waals surface area contributed by atoms with Gasteiger partial charge in [0.25, 0.3) is 0 Å². The second kappa shape index (κ2) is 5.58. The molecule has 7 heteroatoms. The lowest BCUT2D eigenvalue weighted by Gasteiger charge is -2.22. The fourth-order valence-electron chi connectivity index (χ4n) is 1.50. The van der Waals surface area contributed by atoms with Crippen molar-refractivity contribution in [2.45, 2.75) is 24.8 Å². The van der Waals surface area contributed by atoms with Crippen LogP contribution in [-0.4, -0.2) is 44.0 Å². The van der Waals surface area contributed by atoms with Gasteiger partial charge in [0.15, 0.2) is 0 Å². The first-order chi connectivity index (χ1) is 8.71. The molecule has 0 spiro atoms. The SMILES string of the molecule is COc1ccc(C)cc1S(=O)(=O)N(C)[C@@H](C)C(=O)O. The van der Waals surface area contributed by atoms with Gasteiger partial charge in [0.2, 0.25) is 10.0 Å². The van der Waals surface area contributed by atoms with Gasteiger partial charge in [-0.2, -0.15) is 4.31 Å². The number of rotatable bonds is 5. The van der Waals surface area contributed by atoms with E-state index in [0.29, 0.717) is 0 Å². The van der Waals surface area contributed by atoms with Gasteiger partial charge in [-0.3, -0.25) is 4.79 Å². The molecule has 0 unspecified atom stereocenters. The van der Waals surface area contributed by atoms with Crippen molar-refractivity contribution >= 4 is 16.0 Å². The number of methoxy groups -OCH3 is 1. The van der Waals surface area contributed by atoms with Gasteiger partial charge in [-0.25, -0.2) is 8.42 Å². The standard InChI is InChI=1S/C12H17NO5S/c1-8-5-6-10(18-4)11(7-8)19(16,17)13(3)9(2)12(14)15/h5-7,9H,1-4H3,(H,14,15)/t9-/m0/s1. The molecule has 0 aliphatic heterocycles. The average Bonchev–Trinajstić information content (AvgIpc) is 2.36. The maximum atomic E-state index is 12.4. The second-order valence-electron chi connectivity index (χ2n) is 4.19. The first kappa shape index (κ1) is 15.5. The minimum atomic E-state index is -3.92. The van der Waals surface area contributed by atoms with Crippen molar-refractivity contribution in [3.05, 3.63) is 23.8 Å². The van der Waals surface area contributed by atoms with Crippen molar-refractivity contribution in [2.75, 3.05) is 14.2 Å². The Morgan fingerprint density at radius 1 is 1.42 bits per heavy atom. The van der Waals surface area contributed by atoms with E-state index in [2.05, 4.69) is 0 Å². The van der Waals surface area contributed by atoms with Gasteiger partial charge in [0.05, 0.1) is 7.11 Å².